The number of nitrogens with two attached hydrogens (primary N) is 1. The lowest BCUT2D eigenvalue weighted by Crippen LogP contribution is -2.22. The number of benzene rings is 3. The van der Waals surface area contributed by atoms with Crippen LogP contribution in [0.25, 0.3) is 10.8 Å². The van der Waals surface area contributed by atoms with Crippen molar-refractivity contribution in [2.75, 3.05) is 41.0 Å². The molecule has 24 nitrogen and oxygen atoms in total. The third-order valence-electron chi connectivity index (χ3n) is 6.48. The summed E-state index contributed by atoms with van der Waals surface area (Å²) >= 11 is 5.97. The summed E-state index contributed by atoms with van der Waals surface area (Å²) in [5.74, 6) is -2.89. The van der Waals surface area contributed by atoms with E-state index in [9.17, 15) is 62.9 Å². The van der Waals surface area contributed by atoms with Gasteiger partial charge in [-0.15, -0.1) is 10.2 Å². The number of halogens is 1. The monoisotopic (exact) mass is 868 g/mol. The number of phenolic OH excluding ortho intramolecular Hbond substituents is 1. The molecule has 4 rings (SSSR count). The van der Waals surface area contributed by atoms with Crippen LogP contribution in [0.5, 0.6) is 5.75 Å². The molecule has 294 valence electrons. The van der Waals surface area contributed by atoms with Crippen molar-refractivity contribution >= 4 is 110 Å². The Morgan fingerprint density at radius 3 is 2.02 bits per heavy atom. The maximum atomic E-state index is 12.2. The zero-order valence-electron chi connectivity index (χ0n) is 26.0. The van der Waals surface area contributed by atoms with E-state index in [-0.39, 0.29) is 34.6 Å². The number of hydrogen-bond donors (Lipinski definition) is 14. The van der Waals surface area contributed by atoms with Gasteiger partial charge in [-0.2, -0.15) is 23.4 Å². The van der Waals surface area contributed by atoms with Crippen LogP contribution in [-0.4, -0.2) is 107 Å². The van der Waals surface area contributed by atoms with Gasteiger partial charge in [-0.25, -0.2) is 12.6 Å². The number of nitrogen functional groups attached to an aromatic ring is 1. The summed E-state index contributed by atoms with van der Waals surface area (Å²) in [6.45, 7) is -1.23. The smallest absolute Gasteiger partial charge is 0.397 e. The maximum absolute atomic E-state index is 12.2. The predicted molar refractivity (Wildman–Crippen MR) is 195 cm³/mol. The lowest BCUT2D eigenvalue weighted by atomic mass is 10.1. The minimum absolute atomic E-state index is 0.0793. The van der Waals surface area contributed by atoms with E-state index in [1.165, 1.54) is 12.1 Å². The van der Waals surface area contributed by atoms with E-state index in [0.29, 0.717) is 6.07 Å². The second-order valence-electron chi connectivity index (χ2n) is 10.3. The Hall–Kier alpha value is -3.47. The molecule has 1 heterocycles. The number of azo groups is 1. The van der Waals surface area contributed by atoms with E-state index in [2.05, 4.69) is 40.0 Å². The fraction of sp³-hybridized carbons (Fsp3) is 0.174. The molecule has 3 aromatic carbocycles. The van der Waals surface area contributed by atoms with Crippen molar-refractivity contribution in [3.05, 3.63) is 41.7 Å². The van der Waals surface area contributed by atoms with Gasteiger partial charge in [0.15, 0.2) is 9.84 Å². The molecule has 0 fully saturated rings. The molecule has 0 aliphatic rings. The van der Waals surface area contributed by atoms with Gasteiger partial charge in [-0.1, -0.05) is 6.07 Å². The van der Waals surface area contributed by atoms with Crippen molar-refractivity contribution in [1.82, 2.24) is 15.0 Å². The average molecular weight is 869 g/mol. The van der Waals surface area contributed by atoms with Gasteiger partial charge >= 0.3 is 10.4 Å². The molecule has 0 unspecified atom stereocenters. The van der Waals surface area contributed by atoms with Crippen LogP contribution >= 0.6 is 44.2 Å². The Labute approximate surface area is 308 Å². The SMILES string of the molecule is Nc1ccc2cc(S(O)(O)O)cc(O)c2c1N=Nc1cc(Nc2nc(Cl)nc(NCCS(=O)(=O)CCOS(=O)(=O)O)n2)c(S(O)(O)O)cc1S(O)(O)O. The van der Waals surface area contributed by atoms with Crippen LogP contribution in [0.4, 0.5) is 34.6 Å². The summed E-state index contributed by atoms with van der Waals surface area (Å²) in [6.07, 6.45) is 0. The van der Waals surface area contributed by atoms with Gasteiger partial charge in [0.2, 0.25) is 17.2 Å². The number of aromatic nitrogens is 3. The van der Waals surface area contributed by atoms with Crippen molar-refractivity contribution < 1.29 is 71.7 Å². The fourth-order valence-corrected chi connectivity index (χ4v) is 7.73. The summed E-state index contributed by atoms with van der Waals surface area (Å²) in [6, 6.07) is 5.88. The molecule has 0 atom stereocenters. The molecule has 0 radical (unpaired) electrons. The van der Waals surface area contributed by atoms with Crippen molar-refractivity contribution in [2.45, 2.75) is 14.7 Å². The second-order valence-corrected chi connectivity index (χ2v) is 18.5. The van der Waals surface area contributed by atoms with E-state index in [4.69, 9.17) is 21.9 Å². The van der Waals surface area contributed by atoms with Crippen LogP contribution in [-0.2, 0) is 24.4 Å². The minimum atomic E-state index is -4.86. The van der Waals surface area contributed by atoms with E-state index < -0.39 is 114 Å². The highest BCUT2D eigenvalue weighted by atomic mass is 35.5. The molecular formula is C23H29ClN8O16S5. The number of aromatic hydroxyl groups is 1. The first-order valence-corrected chi connectivity index (χ1v) is 21.7. The Bertz CT molecular complexity index is 2290. The fourth-order valence-electron chi connectivity index (χ4n) is 4.25. The molecule has 0 aliphatic heterocycles. The standard InChI is InChI=1S/C23H29ClN8O16S5/c24-21-28-22(26-3-5-49(34,35)6-4-48-53(45,46)47)30-23(29-21)27-14-9-15(18(52(42,43)44)10-17(14)51(39,40)41)31-32-20-13(25)2-1-11-7-12(50(36,37)38)8-16(33)19(11)20/h1-2,7-10,33,36-44H,3-6,25H2,(H,45,46,47)(H2,26,27,28,29,30). The number of nitrogens with one attached hydrogen (secondary N) is 2. The van der Waals surface area contributed by atoms with Gasteiger partial charge in [0, 0.05) is 6.54 Å². The van der Waals surface area contributed by atoms with Crippen molar-refractivity contribution in [3.63, 3.8) is 0 Å². The topological polar surface area (TPSA) is 414 Å². The minimum Gasteiger partial charge on any atom is -0.507 e. The van der Waals surface area contributed by atoms with E-state index in [1.54, 1.807) is 0 Å². The van der Waals surface area contributed by atoms with Crippen LogP contribution in [0.1, 0.15) is 0 Å². The molecular weight excluding hydrogens is 840 g/mol. The normalized spacial score (nSPS) is 14.1. The highest BCUT2D eigenvalue weighted by molar-refractivity contribution is 8.20. The van der Waals surface area contributed by atoms with E-state index in [1.807, 2.05) is 0 Å². The summed E-state index contributed by atoms with van der Waals surface area (Å²) in [5.41, 5.74) is 4.48. The van der Waals surface area contributed by atoms with Crippen LogP contribution < -0.4 is 16.4 Å². The van der Waals surface area contributed by atoms with Gasteiger partial charge in [-0.05, 0) is 47.3 Å². The Balaban J connectivity index is 1.72. The van der Waals surface area contributed by atoms with Gasteiger partial charge in [-0.3, -0.25) is 4.55 Å². The Kier molecular flexibility index (Phi) is 12.5. The summed E-state index contributed by atoms with van der Waals surface area (Å²) < 4.78 is 148. The molecule has 0 bridgehead atoms. The maximum Gasteiger partial charge on any atom is 0.397 e. The zero-order chi connectivity index (χ0) is 39.7. The van der Waals surface area contributed by atoms with Crippen molar-refractivity contribution in [2.24, 2.45) is 10.2 Å². The van der Waals surface area contributed by atoms with Crippen LogP contribution in [0.15, 0.2) is 61.3 Å². The third kappa shape index (κ3) is 11.5. The first-order valence-electron chi connectivity index (χ1n) is 13.7. The van der Waals surface area contributed by atoms with Gasteiger partial charge < -0.3 is 62.4 Å². The molecule has 30 heteroatoms. The van der Waals surface area contributed by atoms with Crippen LogP contribution in [0.3, 0.4) is 0 Å². The molecule has 53 heavy (non-hydrogen) atoms. The number of fused-ring (bicyclic) bond motifs is 1. The molecule has 0 amide bonds. The van der Waals surface area contributed by atoms with Gasteiger partial charge in [0.25, 0.3) is 0 Å². The first-order chi connectivity index (χ1) is 24.2. The number of sulfone groups is 1. The van der Waals surface area contributed by atoms with Gasteiger partial charge in [0.1, 0.15) is 49.7 Å². The van der Waals surface area contributed by atoms with Crippen LogP contribution in [0.2, 0.25) is 5.28 Å². The number of nitrogens with zero attached hydrogens (tertiary/aromatic N) is 5. The molecule has 0 spiro atoms. The molecule has 0 saturated carbocycles. The quantitative estimate of drug-likeness (QED) is 0.0397. The highest BCUT2D eigenvalue weighted by Gasteiger charge is 2.30. The summed E-state index contributed by atoms with van der Waals surface area (Å²) in [5, 5.41) is 22.9. The molecule has 0 aliphatic carbocycles. The second kappa shape index (κ2) is 15.7. The van der Waals surface area contributed by atoms with Crippen molar-refractivity contribution in [3.8, 4) is 5.75 Å². The van der Waals surface area contributed by atoms with Gasteiger partial charge in [0.05, 0.1) is 49.6 Å². The molecule has 4 aromatic rings. The predicted octanol–water partition coefficient (Wildman–Crippen LogP) is 5.52. The highest BCUT2D eigenvalue weighted by Crippen LogP contribution is 2.57. The van der Waals surface area contributed by atoms with Crippen molar-refractivity contribution in [1.29, 1.82) is 0 Å². The Morgan fingerprint density at radius 2 is 1.42 bits per heavy atom. The third-order valence-corrected chi connectivity index (χ3v) is 11.4. The lowest BCUT2D eigenvalue weighted by molar-refractivity contribution is 0.284. The molecule has 0 saturated heterocycles. The summed E-state index contributed by atoms with van der Waals surface area (Å²) in [4.78, 5) is 9.28. The molecule has 15 N–H and O–H groups in total. The van der Waals surface area contributed by atoms with E-state index >= 15 is 0 Å². The number of phenols is 1. The lowest BCUT2D eigenvalue weighted by Gasteiger charge is -2.27. The number of rotatable bonds is 15. The largest absolute Gasteiger partial charge is 0.507 e. The summed E-state index contributed by atoms with van der Waals surface area (Å²) in [7, 11) is -22.6. The van der Waals surface area contributed by atoms with E-state index in [0.717, 1.165) is 18.2 Å². The Morgan fingerprint density at radius 1 is 0.774 bits per heavy atom. The van der Waals surface area contributed by atoms with Crippen LogP contribution in [0, 0.1) is 0 Å². The number of anilines is 4. The molecule has 1 aromatic heterocycles. The number of hydrogen-bond acceptors (Lipinski definition) is 23. The zero-order valence-corrected chi connectivity index (χ0v) is 30.8. The first kappa shape index (κ1) is 42.3. The average Bonchev–Trinajstić information content (AvgIpc) is 2.98.